The van der Waals surface area contributed by atoms with Gasteiger partial charge in [0, 0.05) is 25.4 Å². The quantitative estimate of drug-likeness (QED) is 0.755. The van der Waals surface area contributed by atoms with Gasteiger partial charge in [-0.15, -0.1) is 0 Å². The van der Waals surface area contributed by atoms with Gasteiger partial charge in [0.15, 0.2) is 0 Å². The zero-order chi connectivity index (χ0) is 15.0. The predicted octanol–water partition coefficient (Wildman–Crippen LogP) is 2.82. The summed E-state index contributed by atoms with van der Waals surface area (Å²) in [6.07, 6.45) is 4.99. The summed E-state index contributed by atoms with van der Waals surface area (Å²) in [6, 6.07) is 4.44. The molecule has 0 bridgehead atoms. The second-order valence-electron chi connectivity index (χ2n) is 5.67. The molecule has 1 aromatic rings. The maximum atomic E-state index is 5.49. The topological polar surface area (TPSA) is 43.4 Å². The highest BCUT2D eigenvalue weighted by molar-refractivity contribution is 5.18. The van der Waals surface area contributed by atoms with E-state index in [9.17, 15) is 0 Å². The number of methoxy groups -OCH3 is 2. The Labute approximate surface area is 122 Å². The second-order valence-corrected chi connectivity index (χ2v) is 5.67. The molecule has 20 heavy (non-hydrogen) atoms. The number of pyridine rings is 1. The molecule has 0 aliphatic carbocycles. The minimum absolute atomic E-state index is 0.0637. The van der Waals surface area contributed by atoms with Gasteiger partial charge in [-0.1, -0.05) is 13.0 Å². The van der Waals surface area contributed by atoms with E-state index in [0.29, 0.717) is 11.9 Å². The van der Waals surface area contributed by atoms with E-state index in [1.807, 2.05) is 12.3 Å². The SMILES string of the molecule is CCNC(CCC(C)(C)OC)Cc1ccc(OC)nc1. The van der Waals surface area contributed by atoms with Crippen LogP contribution in [0.25, 0.3) is 0 Å². The number of aromatic nitrogens is 1. The van der Waals surface area contributed by atoms with Crippen LogP contribution in [0.1, 0.15) is 39.2 Å². The van der Waals surface area contributed by atoms with E-state index in [1.165, 1.54) is 5.56 Å². The van der Waals surface area contributed by atoms with Gasteiger partial charge in [-0.25, -0.2) is 4.98 Å². The summed E-state index contributed by atoms with van der Waals surface area (Å²) in [5.41, 5.74) is 1.17. The molecule has 0 amide bonds. The predicted molar refractivity (Wildman–Crippen MR) is 82.3 cm³/mol. The summed E-state index contributed by atoms with van der Waals surface area (Å²) < 4.78 is 10.6. The number of hydrogen-bond donors (Lipinski definition) is 1. The maximum absolute atomic E-state index is 5.49. The van der Waals surface area contributed by atoms with Gasteiger partial charge in [-0.05, 0) is 45.2 Å². The highest BCUT2D eigenvalue weighted by Gasteiger charge is 2.19. The normalized spacial score (nSPS) is 13.2. The van der Waals surface area contributed by atoms with Gasteiger partial charge < -0.3 is 14.8 Å². The molecule has 1 atom stereocenters. The molecule has 114 valence electrons. The Bertz CT molecular complexity index is 377. The van der Waals surface area contributed by atoms with Gasteiger partial charge in [-0.2, -0.15) is 0 Å². The third-order valence-electron chi connectivity index (χ3n) is 3.63. The average molecular weight is 280 g/mol. The highest BCUT2D eigenvalue weighted by atomic mass is 16.5. The number of ether oxygens (including phenoxy) is 2. The van der Waals surface area contributed by atoms with Gasteiger partial charge >= 0.3 is 0 Å². The Hall–Kier alpha value is -1.13. The first-order valence-electron chi connectivity index (χ1n) is 7.28. The first kappa shape index (κ1) is 16.9. The molecular weight excluding hydrogens is 252 g/mol. The monoisotopic (exact) mass is 280 g/mol. The molecule has 0 fully saturated rings. The van der Waals surface area contributed by atoms with Gasteiger partial charge in [0.1, 0.15) is 0 Å². The summed E-state index contributed by atoms with van der Waals surface area (Å²) in [7, 11) is 3.41. The van der Waals surface area contributed by atoms with Crippen LogP contribution in [-0.4, -0.2) is 37.4 Å². The summed E-state index contributed by atoms with van der Waals surface area (Å²) in [4.78, 5) is 4.26. The Balaban J connectivity index is 2.57. The molecule has 1 unspecified atom stereocenters. The van der Waals surface area contributed by atoms with Crippen molar-refractivity contribution in [3.63, 3.8) is 0 Å². The molecule has 4 heteroatoms. The van der Waals surface area contributed by atoms with Crippen LogP contribution in [0.2, 0.25) is 0 Å². The average Bonchev–Trinajstić information content (AvgIpc) is 2.46. The molecule has 1 aromatic heterocycles. The van der Waals surface area contributed by atoms with Crippen molar-refractivity contribution in [2.45, 2.75) is 51.7 Å². The highest BCUT2D eigenvalue weighted by Crippen LogP contribution is 2.18. The van der Waals surface area contributed by atoms with Crippen LogP contribution < -0.4 is 10.1 Å². The van der Waals surface area contributed by atoms with Crippen molar-refractivity contribution in [1.29, 1.82) is 0 Å². The molecule has 0 aliphatic heterocycles. The van der Waals surface area contributed by atoms with Gasteiger partial charge in [0.05, 0.1) is 12.7 Å². The lowest BCUT2D eigenvalue weighted by Gasteiger charge is -2.26. The van der Waals surface area contributed by atoms with Crippen LogP contribution in [0.5, 0.6) is 5.88 Å². The zero-order valence-electron chi connectivity index (χ0n) is 13.4. The number of nitrogens with zero attached hydrogens (tertiary/aromatic N) is 1. The summed E-state index contributed by atoms with van der Waals surface area (Å²) >= 11 is 0. The molecule has 0 aliphatic rings. The molecule has 0 aromatic carbocycles. The minimum atomic E-state index is -0.0637. The fourth-order valence-corrected chi connectivity index (χ4v) is 2.13. The van der Waals surface area contributed by atoms with Crippen molar-refractivity contribution in [2.24, 2.45) is 0 Å². The van der Waals surface area contributed by atoms with E-state index in [-0.39, 0.29) is 5.60 Å². The van der Waals surface area contributed by atoms with Crippen LogP contribution in [0.15, 0.2) is 18.3 Å². The van der Waals surface area contributed by atoms with Crippen molar-refractivity contribution in [2.75, 3.05) is 20.8 Å². The molecule has 0 saturated carbocycles. The molecule has 1 heterocycles. The van der Waals surface area contributed by atoms with Gasteiger partial charge in [0.2, 0.25) is 5.88 Å². The van der Waals surface area contributed by atoms with Gasteiger partial charge in [-0.3, -0.25) is 0 Å². The van der Waals surface area contributed by atoms with E-state index in [0.717, 1.165) is 25.8 Å². The van der Waals surface area contributed by atoms with Crippen molar-refractivity contribution >= 4 is 0 Å². The molecule has 0 radical (unpaired) electrons. The Morgan fingerprint density at radius 2 is 2.05 bits per heavy atom. The lowest BCUT2D eigenvalue weighted by atomic mass is 9.95. The standard InChI is InChI=1S/C16H28N2O2/c1-6-17-14(9-10-16(2,3)20-5)11-13-7-8-15(19-4)18-12-13/h7-8,12,14,17H,6,9-11H2,1-5H3. The Morgan fingerprint density at radius 1 is 1.30 bits per heavy atom. The first-order valence-corrected chi connectivity index (χ1v) is 7.28. The van der Waals surface area contributed by atoms with Gasteiger partial charge in [0.25, 0.3) is 0 Å². The van der Waals surface area contributed by atoms with E-state index < -0.39 is 0 Å². The van der Waals surface area contributed by atoms with Crippen LogP contribution in [0.4, 0.5) is 0 Å². The van der Waals surface area contributed by atoms with Crippen LogP contribution in [0, 0.1) is 0 Å². The Morgan fingerprint density at radius 3 is 2.55 bits per heavy atom. The third kappa shape index (κ3) is 5.88. The largest absolute Gasteiger partial charge is 0.481 e. The van der Waals surface area contributed by atoms with E-state index in [4.69, 9.17) is 9.47 Å². The number of hydrogen-bond acceptors (Lipinski definition) is 4. The van der Waals surface area contributed by atoms with Crippen LogP contribution in [0.3, 0.4) is 0 Å². The lowest BCUT2D eigenvalue weighted by Crippen LogP contribution is -2.34. The zero-order valence-corrected chi connectivity index (χ0v) is 13.4. The summed E-state index contributed by atoms with van der Waals surface area (Å²) in [6.45, 7) is 7.37. The van der Waals surface area contributed by atoms with Crippen molar-refractivity contribution in [3.05, 3.63) is 23.9 Å². The molecule has 1 N–H and O–H groups in total. The van der Waals surface area contributed by atoms with Crippen molar-refractivity contribution in [3.8, 4) is 5.88 Å². The molecular formula is C16H28N2O2. The summed E-state index contributed by atoms with van der Waals surface area (Å²) in [5.74, 6) is 0.661. The molecule has 1 rings (SSSR count). The van der Waals surface area contributed by atoms with Crippen molar-refractivity contribution < 1.29 is 9.47 Å². The minimum Gasteiger partial charge on any atom is -0.481 e. The smallest absolute Gasteiger partial charge is 0.212 e. The lowest BCUT2D eigenvalue weighted by molar-refractivity contribution is 0.0117. The third-order valence-corrected chi connectivity index (χ3v) is 3.63. The van der Waals surface area contributed by atoms with E-state index in [2.05, 4.69) is 37.1 Å². The van der Waals surface area contributed by atoms with E-state index in [1.54, 1.807) is 14.2 Å². The van der Waals surface area contributed by atoms with E-state index >= 15 is 0 Å². The maximum Gasteiger partial charge on any atom is 0.212 e. The first-order chi connectivity index (χ1) is 9.50. The van der Waals surface area contributed by atoms with Crippen LogP contribution in [-0.2, 0) is 11.2 Å². The fraction of sp³-hybridized carbons (Fsp3) is 0.688. The Kier molecular flexibility index (Phi) is 6.96. The number of nitrogens with one attached hydrogen (secondary N) is 1. The summed E-state index contributed by atoms with van der Waals surface area (Å²) in [5, 5.41) is 3.54. The molecule has 0 saturated heterocycles. The number of likely N-dealkylation sites (N-methyl/N-ethyl adjacent to an activating group) is 1. The fourth-order valence-electron chi connectivity index (χ4n) is 2.13. The van der Waals surface area contributed by atoms with Crippen LogP contribution >= 0.6 is 0 Å². The van der Waals surface area contributed by atoms with Crippen molar-refractivity contribution in [1.82, 2.24) is 10.3 Å². The second kappa shape index (κ2) is 8.22. The molecule has 4 nitrogen and oxygen atoms in total. The number of rotatable bonds is 9. The molecule has 0 spiro atoms.